The highest BCUT2D eigenvalue weighted by Gasteiger charge is 2.06. The van der Waals surface area contributed by atoms with E-state index in [1.807, 2.05) is 19.1 Å². The molecule has 1 aromatic carbocycles. The number of rotatable bonds is 4. The Bertz CT molecular complexity index is 314. The monoisotopic (exact) mass is 208 g/mol. The average molecular weight is 208 g/mol. The van der Waals surface area contributed by atoms with Crippen molar-refractivity contribution in [3.63, 3.8) is 0 Å². The zero-order valence-corrected chi connectivity index (χ0v) is 9.06. The van der Waals surface area contributed by atoms with Gasteiger partial charge in [-0.15, -0.1) is 0 Å². The van der Waals surface area contributed by atoms with Crippen LogP contribution in [0.5, 0.6) is 0 Å². The molecular formula is C12H16O3. The molecule has 0 aliphatic rings. The molecular weight excluding hydrogens is 192 g/mol. The van der Waals surface area contributed by atoms with Crippen LogP contribution in [0.2, 0.25) is 0 Å². The fourth-order valence-electron chi connectivity index (χ4n) is 1.10. The van der Waals surface area contributed by atoms with Gasteiger partial charge >= 0.3 is 5.97 Å². The first-order valence-electron chi connectivity index (χ1n) is 5.01. The number of ether oxygens (including phenoxy) is 1. The van der Waals surface area contributed by atoms with Crippen molar-refractivity contribution in [2.24, 2.45) is 0 Å². The van der Waals surface area contributed by atoms with E-state index in [-0.39, 0.29) is 12.6 Å². The summed E-state index contributed by atoms with van der Waals surface area (Å²) in [6.07, 6.45) is 0.0354. The summed E-state index contributed by atoms with van der Waals surface area (Å²) in [4.78, 5) is 11.4. The van der Waals surface area contributed by atoms with Gasteiger partial charge in [0.1, 0.15) is 0 Å². The lowest BCUT2D eigenvalue weighted by Crippen LogP contribution is -2.10. The van der Waals surface area contributed by atoms with Gasteiger partial charge in [0.05, 0.1) is 18.3 Å². The van der Waals surface area contributed by atoms with E-state index < -0.39 is 6.10 Å². The summed E-state index contributed by atoms with van der Waals surface area (Å²) in [7, 11) is 0. The van der Waals surface area contributed by atoms with Crippen molar-refractivity contribution in [1.29, 1.82) is 0 Å². The lowest BCUT2D eigenvalue weighted by atomic mass is 10.1. The first-order chi connectivity index (χ1) is 7.09. The Kier molecular flexibility index (Phi) is 4.31. The van der Waals surface area contributed by atoms with E-state index in [2.05, 4.69) is 0 Å². The number of esters is 1. The van der Waals surface area contributed by atoms with Crippen molar-refractivity contribution in [1.82, 2.24) is 0 Å². The average Bonchev–Trinajstić information content (AvgIpc) is 2.18. The van der Waals surface area contributed by atoms with Crippen LogP contribution in [0, 0.1) is 6.92 Å². The molecule has 1 N–H and O–H groups in total. The van der Waals surface area contributed by atoms with Gasteiger partial charge in [-0.2, -0.15) is 0 Å². The van der Waals surface area contributed by atoms with Crippen LogP contribution >= 0.6 is 0 Å². The molecule has 3 heteroatoms. The Morgan fingerprint density at radius 2 is 2.00 bits per heavy atom. The molecule has 0 aromatic heterocycles. The Morgan fingerprint density at radius 1 is 1.40 bits per heavy atom. The van der Waals surface area contributed by atoms with Crippen LogP contribution in [0.4, 0.5) is 0 Å². The van der Waals surface area contributed by atoms with Gasteiger partial charge in [-0.05, 0) is 26.0 Å². The van der Waals surface area contributed by atoms with Gasteiger partial charge in [0, 0.05) is 6.42 Å². The predicted octanol–water partition coefficient (Wildman–Crippen LogP) is 1.92. The first-order valence-corrected chi connectivity index (χ1v) is 5.01. The molecule has 1 aromatic rings. The maximum absolute atomic E-state index is 11.4. The normalized spacial score (nSPS) is 12.2. The second-order valence-electron chi connectivity index (χ2n) is 3.64. The molecule has 0 aliphatic carbocycles. The van der Waals surface area contributed by atoms with Crippen LogP contribution in [0.25, 0.3) is 0 Å². The van der Waals surface area contributed by atoms with Crippen LogP contribution < -0.4 is 0 Å². The zero-order chi connectivity index (χ0) is 11.3. The first kappa shape index (κ1) is 11.7. The third-order valence-electron chi connectivity index (χ3n) is 2.06. The molecule has 0 fully saturated rings. The Labute approximate surface area is 89.7 Å². The minimum absolute atomic E-state index is 0.254. The summed E-state index contributed by atoms with van der Waals surface area (Å²) in [6.45, 7) is 3.88. The smallest absolute Gasteiger partial charge is 0.338 e. The van der Waals surface area contributed by atoms with Crippen LogP contribution in [0.3, 0.4) is 0 Å². The Morgan fingerprint density at radius 3 is 2.53 bits per heavy atom. The van der Waals surface area contributed by atoms with Gasteiger partial charge in [0.25, 0.3) is 0 Å². The molecule has 0 amide bonds. The fourth-order valence-corrected chi connectivity index (χ4v) is 1.10. The number of carbonyl (C=O) groups is 1. The minimum Gasteiger partial charge on any atom is -0.462 e. The molecule has 15 heavy (non-hydrogen) atoms. The van der Waals surface area contributed by atoms with Gasteiger partial charge in [0.15, 0.2) is 0 Å². The van der Waals surface area contributed by atoms with Crippen molar-refractivity contribution >= 4 is 5.97 Å². The summed E-state index contributed by atoms with van der Waals surface area (Å²) < 4.78 is 4.98. The SMILES string of the molecule is Cc1ccc(C(=O)OCCC(C)O)cc1. The van der Waals surface area contributed by atoms with Crippen molar-refractivity contribution in [2.75, 3.05) is 6.61 Å². The van der Waals surface area contributed by atoms with E-state index in [4.69, 9.17) is 9.84 Å². The van der Waals surface area contributed by atoms with Crippen LogP contribution in [0.1, 0.15) is 29.3 Å². The molecule has 0 saturated heterocycles. The van der Waals surface area contributed by atoms with E-state index in [1.165, 1.54) is 0 Å². The minimum atomic E-state index is -0.434. The number of carbonyl (C=O) groups excluding carboxylic acids is 1. The van der Waals surface area contributed by atoms with Crippen LogP contribution in [-0.4, -0.2) is 23.8 Å². The van der Waals surface area contributed by atoms with Gasteiger partial charge in [0.2, 0.25) is 0 Å². The molecule has 3 nitrogen and oxygen atoms in total. The van der Waals surface area contributed by atoms with E-state index in [1.54, 1.807) is 19.1 Å². The van der Waals surface area contributed by atoms with Gasteiger partial charge in [-0.3, -0.25) is 0 Å². The summed E-state index contributed by atoms with van der Waals surface area (Å²) in [5.74, 6) is -0.337. The third-order valence-corrected chi connectivity index (χ3v) is 2.06. The molecule has 0 aliphatic heterocycles. The number of hydrogen-bond acceptors (Lipinski definition) is 3. The molecule has 1 rings (SSSR count). The summed E-state index contributed by atoms with van der Waals surface area (Å²) >= 11 is 0. The predicted molar refractivity (Wildman–Crippen MR) is 57.8 cm³/mol. The van der Waals surface area contributed by atoms with E-state index in [9.17, 15) is 4.79 Å². The van der Waals surface area contributed by atoms with Crippen LogP contribution in [0.15, 0.2) is 24.3 Å². The fraction of sp³-hybridized carbons (Fsp3) is 0.417. The molecule has 82 valence electrons. The van der Waals surface area contributed by atoms with Crippen molar-refractivity contribution in [3.05, 3.63) is 35.4 Å². The second-order valence-corrected chi connectivity index (χ2v) is 3.64. The van der Waals surface area contributed by atoms with Crippen molar-refractivity contribution in [2.45, 2.75) is 26.4 Å². The number of benzene rings is 1. The van der Waals surface area contributed by atoms with Crippen molar-refractivity contribution in [3.8, 4) is 0 Å². The summed E-state index contributed by atoms with van der Waals surface area (Å²) in [5.41, 5.74) is 1.65. The molecule has 0 saturated carbocycles. The maximum Gasteiger partial charge on any atom is 0.338 e. The second kappa shape index (κ2) is 5.51. The maximum atomic E-state index is 11.4. The van der Waals surface area contributed by atoms with E-state index in [0.29, 0.717) is 12.0 Å². The number of hydrogen-bond donors (Lipinski definition) is 1. The van der Waals surface area contributed by atoms with Gasteiger partial charge in [-0.25, -0.2) is 4.79 Å². The quantitative estimate of drug-likeness (QED) is 0.769. The van der Waals surface area contributed by atoms with E-state index in [0.717, 1.165) is 5.56 Å². The molecule has 0 heterocycles. The summed E-state index contributed by atoms with van der Waals surface area (Å²) in [6, 6.07) is 7.20. The third kappa shape index (κ3) is 4.13. The van der Waals surface area contributed by atoms with Crippen molar-refractivity contribution < 1.29 is 14.6 Å². The van der Waals surface area contributed by atoms with Gasteiger partial charge in [-0.1, -0.05) is 17.7 Å². The number of aliphatic hydroxyl groups is 1. The Balaban J connectivity index is 2.43. The highest BCUT2D eigenvalue weighted by molar-refractivity contribution is 5.89. The molecule has 1 atom stereocenters. The zero-order valence-electron chi connectivity index (χ0n) is 9.06. The molecule has 0 radical (unpaired) electrons. The summed E-state index contributed by atoms with van der Waals surface area (Å²) in [5, 5.41) is 8.98. The topological polar surface area (TPSA) is 46.5 Å². The largest absolute Gasteiger partial charge is 0.462 e. The molecule has 0 bridgehead atoms. The lowest BCUT2D eigenvalue weighted by Gasteiger charge is -2.06. The van der Waals surface area contributed by atoms with Gasteiger partial charge < -0.3 is 9.84 Å². The Hall–Kier alpha value is -1.35. The standard InChI is InChI=1S/C12H16O3/c1-9-3-5-11(6-4-9)12(14)15-8-7-10(2)13/h3-6,10,13H,7-8H2,1-2H3. The lowest BCUT2D eigenvalue weighted by molar-refractivity contribution is 0.0444. The number of aryl methyl sites for hydroxylation is 1. The molecule has 0 spiro atoms. The number of aliphatic hydroxyl groups excluding tert-OH is 1. The van der Waals surface area contributed by atoms with E-state index >= 15 is 0 Å². The highest BCUT2D eigenvalue weighted by atomic mass is 16.5. The molecule has 1 unspecified atom stereocenters. The highest BCUT2D eigenvalue weighted by Crippen LogP contribution is 2.05. The van der Waals surface area contributed by atoms with Crippen LogP contribution in [-0.2, 0) is 4.74 Å².